The van der Waals surface area contributed by atoms with E-state index < -0.39 is 6.29 Å². The Balaban J connectivity index is 4.04. The summed E-state index contributed by atoms with van der Waals surface area (Å²) in [6.07, 6.45) is 3.51. The van der Waals surface area contributed by atoms with E-state index in [2.05, 4.69) is 6.92 Å². The van der Waals surface area contributed by atoms with Gasteiger partial charge in [-0.05, 0) is 6.42 Å². The maximum Gasteiger partial charge on any atom is 0.308 e. The van der Waals surface area contributed by atoms with Crippen molar-refractivity contribution in [1.29, 1.82) is 0 Å². The molecule has 0 atom stereocenters. The van der Waals surface area contributed by atoms with Crippen LogP contribution in [0.4, 0.5) is 0 Å². The molecule has 0 fully saturated rings. The van der Waals surface area contributed by atoms with Crippen molar-refractivity contribution in [3.63, 3.8) is 0 Å². The number of hydrogen-bond donors (Lipinski definition) is 0. The Kier molecular flexibility index (Phi) is 8.58. The summed E-state index contributed by atoms with van der Waals surface area (Å²) in [6.45, 7) is 5.52. The Labute approximate surface area is 97.3 Å². The van der Waals surface area contributed by atoms with Gasteiger partial charge in [0.2, 0.25) is 6.29 Å². The minimum absolute atomic E-state index is 0.300. The van der Waals surface area contributed by atoms with Gasteiger partial charge in [0.1, 0.15) is 0 Å². The molecule has 4 heteroatoms. The van der Waals surface area contributed by atoms with Crippen molar-refractivity contribution in [2.75, 3.05) is 0 Å². The second-order valence-corrected chi connectivity index (χ2v) is 3.61. The molecule has 0 radical (unpaired) electrons. The van der Waals surface area contributed by atoms with E-state index in [0.29, 0.717) is 19.3 Å². The molecule has 4 nitrogen and oxygen atoms in total. The third-order valence-electron chi connectivity index (χ3n) is 2.15. The smallest absolute Gasteiger partial charge is 0.308 e. The molecule has 94 valence electrons. The fourth-order valence-corrected chi connectivity index (χ4v) is 1.16. The first-order valence-electron chi connectivity index (χ1n) is 6.02. The normalized spacial score (nSPS) is 10.2. The second-order valence-electron chi connectivity index (χ2n) is 3.61. The van der Waals surface area contributed by atoms with Gasteiger partial charge in [0, 0.05) is 19.3 Å². The number of unbranched alkanes of at least 4 members (excludes halogenated alkanes) is 2. The maximum atomic E-state index is 11.1. The fraction of sp³-hybridized carbons (Fsp3) is 0.833. The molecule has 0 aliphatic carbocycles. The first-order chi connectivity index (χ1) is 7.63. The third-order valence-corrected chi connectivity index (χ3v) is 2.15. The number of ether oxygens (including phenoxy) is 2. The molecule has 0 aromatic carbocycles. The van der Waals surface area contributed by atoms with Crippen LogP contribution in [-0.4, -0.2) is 18.2 Å². The van der Waals surface area contributed by atoms with Gasteiger partial charge < -0.3 is 9.47 Å². The van der Waals surface area contributed by atoms with Gasteiger partial charge in [-0.3, -0.25) is 9.59 Å². The molecule has 0 aromatic heterocycles. The fourth-order valence-electron chi connectivity index (χ4n) is 1.16. The highest BCUT2D eigenvalue weighted by Gasteiger charge is 2.16. The van der Waals surface area contributed by atoms with E-state index >= 15 is 0 Å². The van der Waals surface area contributed by atoms with E-state index in [0.717, 1.165) is 19.3 Å². The van der Waals surface area contributed by atoms with Crippen LogP contribution >= 0.6 is 0 Å². The van der Waals surface area contributed by atoms with Crippen LogP contribution in [0.25, 0.3) is 0 Å². The summed E-state index contributed by atoms with van der Waals surface area (Å²) >= 11 is 0. The standard InChI is InChI=1S/C12H22O4/c1-4-7-8-9-12(15-10(13)5-2)16-11(14)6-3/h12H,4-9H2,1-3H3. The molecular formula is C12H22O4. The van der Waals surface area contributed by atoms with Crippen molar-refractivity contribution in [2.45, 2.75) is 65.6 Å². The molecule has 0 unspecified atom stereocenters. The van der Waals surface area contributed by atoms with E-state index in [1.165, 1.54) is 0 Å². The first kappa shape index (κ1) is 14.9. The van der Waals surface area contributed by atoms with Crippen molar-refractivity contribution in [3.05, 3.63) is 0 Å². The Hall–Kier alpha value is -1.06. The van der Waals surface area contributed by atoms with Crippen molar-refractivity contribution in [2.24, 2.45) is 0 Å². The quantitative estimate of drug-likeness (QED) is 0.365. The van der Waals surface area contributed by atoms with Crippen LogP contribution in [0.5, 0.6) is 0 Å². The topological polar surface area (TPSA) is 52.6 Å². The number of carbonyl (C=O) groups is 2. The zero-order chi connectivity index (χ0) is 12.4. The van der Waals surface area contributed by atoms with E-state index in [1.807, 2.05) is 0 Å². The lowest BCUT2D eigenvalue weighted by Crippen LogP contribution is -2.24. The maximum absolute atomic E-state index is 11.1. The Morgan fingerprint density at radius 2 is 1.44 bits per heavy atom. The van der Waals surface area contributed by atoms with Crippen molar-refractivity contribution < 1.29 is 19.1 Å². The van der Waals surface area contributed by atoms with Gasteiger partial charge in [0.25, 0.3) is 0 Å². The molecule has 0 heterocycles. The molecule has 0 spiro atoms. The van der Waals surface area contributed by atoms with Crippen LogP contribution in [0.1, 0.15) is 59.3 Å². The number of esters is 2. The van der Waals surface area contributed by atoms with Crippen molar-refractivity contribution in [3.8, 4) is 0 Å². The Bertz CT molecular complexity index is 195. The summed E-state index contributed by atoms with van der Waals surface area (Å²) < 4.78 is 10.1. The average Bonchev–Trinajstić information content (AvgIpc) is 2.28. The molecule has 16 heavy (non-hydrogen) atoms. The number of hydrogen-bond acceptors (Lipinski definition) is 4. The van der Waals surface area contributed by atoms with E-state index in [4.69, 9.17) is 9.47 Å². The highest BCUT2D eigenvalue weighted by Crippen LogP contribution is 2.10. The molecule has 0 amide bonds. The van der Waals surface area contributed by atoms with Gasteiger partial charge >= 0.3 is 11.9 Å². The summed E-state index contributed by atoms with van der Waals surface area (Å²) in [4.78, 5) is 22.2. The van der Waals surface area contributed by atoms with E-state index in [1.54, 1.807) is 13.8 Å². The minimum Gasteiger partial charge on any atom is -0.425 e. The third kappa shape index (κ3) is 7.26. The summed E-state index contributed by atoms with van der Waals surface area (Å²) in [5.41, 5.74) is 0. The van der Waals surface area contributed by atoms with Gasteiger partial charge in [-0.1, -0.05) is 33.6 Å². The lowest BCUT2D eigenvalue weighted by atomic mass is 10.2. The van der Waals surface area contributed by atoms with Gasteiger partial charge in [-0.25, -0.2) is 0 Å². The molecule has 0 aromatic rings. The molecule has 0 rings (SSSR count). The highest BCUT2D eigenvalue weighted by molar-refractivity contribution is 5.70. The largest absolute Gasteiger partial charge is 0.425 e. The first-order valence-corrected chi connectivity index (χ1v) is 6.02. The van der Waals surface area contributed by atoms with Crippen molar-refractivity contribution >= 4 is 11.9 Å². The summed E-state index contributed by atoms with van der Waals surface area (Å²) in [7, 11) is 0. The van der Waals surface area contributed by atoms with Gasteiger partial charge in [-0.15, -0.1) is 0 Å². The zero-order valence-electron chi connectivity index (χ0n) is 10.5. The number of carbonyl (C=O) groups excluding carboxylic acids is 2. The Morgan fingerprint density at radius 1 is 0.938 bits per heavy atom. The SMILES string of the molecule is CCCCCC(OC(=O)CC)OC(=O)CC. The predicted molar refractivity (Wildman–Crippen MR) is 60.7 cm³/mol. The van der Waals surface area contributed by atoms with Crippen LogP contribution in [0.15, 0.2) is 0 Å². The summed E-state index contributed by atoms with van der Waals surface area (Å²) in [5.74, 6) is -0.657. The minimum atomic E-state index is -0.702. The summed E-state index contributed by atoms with van der Waals surface area (Å²) in [5, 5.41) is 0. The summed E-state index contributed by atoms with van der Waals surface area (Å²) in [6, 6.07) is 0. The second kappa shape index (κ2) is 9.19. The molecule has 0 N–H and O–H groups in total. The molecule has 0 aliphatic rings. The van der Waals surface area contributed by atoms with Crippen LogP contribution in [-0.2, 0) is 19.1 Å². The lowest BCUT2D eigenvalue weighted by molar-refractivity contribution is -0.188. The van der Waals surface area contributed by atoms with Crippen LogP contribution < -0.4 is 0 Å². The molecule has 0 bridgehead atoms. The van der Waals surface area contributed by atoms with Crippen LogP contribution in [0.3, 0.4) is 0 Å². The average molecular weight is 230 g/mol. The van der Waals surface area contributed by atoms with Crippen LogP contribution in [0, 0.1) is 0 Å². The Morgan fingerprint density at radius 3 is 1.81 bits per heavy atom. The molecule has 0 saturated carbocycles. The zero-order valence-corrected chi connectivity index (χ0v) is 10.5. The van der Waals surface area contributed by atoms with Gasteiger partial charge in [-0.2, -0.15) is 0 Å². The monoisotopic (exact) mass is 230 g/mol. The molecule has 0 aliphatic heterocycles. The molecule has 0 saturated heterocycles. The highest BCUT2D eigenvalue weighted by atomic mass is 16.7. The van der Waals surface area contributed by atoms with Gasteiger partial charge in [0.05, 0.1) is 0 Å². The van der Waals surface area contributed by atoms with Gasteiger partial charge in [0.15, 0.2) is 0 Å². The van der Waals surface area contributed by atoms with E-state index in [-0.39, 0.29) is 11.9 Å². The molecular weight excluding hydrogens is 208 g/mol. The van der Waals surface area contributed by atoms with Crippen LogP contribution in [0.2, 0.25) is 0 Å². The predicted octanol–water partition coefficient (Wildman–Crippen LogP) is 2.80. The lowest BCUT2D eigenvalue weighted by Gasteiger charge is -2.17. The van der Waals surface area contributed by atoms with Crippen molar-refractivity contribution in [1.82, 2.24) is 0 Å². The number of rotatable bonds is 8. The van der Waals surface area contributed by atoms with E-state index in [9.17, 15) is 9.59 Å².